The summed E-state index contributed by atoms with van der Waals surface area (Å²) in [4.78, 5) is 0. The summed E-state index contributed by atoms with van der Waals surface area (Å²) < 4.78 is 0. The van der Waals surface area contributed by atoms with Gasteiger partial charge in [0.25, 0.3) is 0 Å². The van der Waals surface area contributed by atoms with Crippen molar-refractivity contribution in [2.24, 2.45) is 0 Å². The lowest BCUT2D eigenvalue weighted by Gasteiger charge is -1.16. The Kier molecular flexibility index (Phi) is 141. The third-order valence-corrected chi connectivity index (χ3v) is 0.0500. The molecule has 6 heavy (non-hydrogen) atoms. The van der Waals surface area contributed by atoms with Gasteiger partial charge in [0.15, 0.2) is 12.1 Å². The van der Waals surface area contributed by atoms with Gasteiger partial charge in [0.05, 0.1) is 0 Å². The lowest BCUT2D eigenvalue weighted by Crippen LogP contribution is -1.26. The molecule has 0 aromatic rings. The van der Waals surface area contributed by atoms with Crippen LogP contribution in [0.15, 0.2) is 0 Å². The number of rotatable bonds is 0. The molecule has 0 fully saturated rings. The number of nitriles is 3. The molecule has 0 N–H and O–H groups in total. The van der Waals surface area contributed by atoms with E-state index in [2.05, 4.69) is 6.57 Å². The second kappa shape index (κ2) is 95.8. The summed E-state index contributed by atoms with van der Waals surface area (Å²) in [5, 5.41) is 21.0. The standard InChI is InChI=1S/C2N2.CHN/c3-1-2-4;1-2/h;1H. The Morgan fingerprint density at radius 3 is 1.17 bits per heavy atom. The summed E-state index contributed by atoms with van der Waals surface area (Å²) in [6, 6.07) is 2.47. The number of nitrogens with zero attached hydrogens (tertiary/aromatic N) is 3. The maximum atomic E-state index is 7.26. The van der Waals surface area contributed by atoms with Crippen molar-refractivity contribution in [1.29, 1.82) is 15.8 Å². The van der Waals surface area contributed by atoms with Crippen molar-refractivity contribution < 1.29 is 0 Å². The molecule has 0 heterocycles. The molecule has 28 valence electrons. The Hall–Kier alpha value is -1.53. The maximum Gasteiger partial charge on any atom is 0.181 e. The van der Waals surface area contributed by atoms with Crippen LogP contribution in [0.3, 0.4) is 0 Å². The molecule has 0 rings (SSSR count). The van der Waals surface area contributed by atoms with Crippen LogP contribution < -0.4 is 0 Å². The zero-order chi connectivity index (χ0) is 5.41. The van der Waals surface area contributed by atoms with Gasteiger partial charge in [-0.2, -0.15) is 10.5 Å². The van der Waals surface area contributed by atoms with Gasteiger partial charge in [0.1, 0.15) is 0 Å². The fourth-order valence-electron chi connectivity index (χ4n) is 0. The van der Waals surface area contributed by atoms with Crippen LogP contribution in [0.25, 0.3) is 0 Å². The van der Waals surface area contributed by atoms with Crippen molar-refractivity contribution in [3.8, 4) is 18.7 Å². The average Bonchev–Trinajstić information content (AvgIpc) is 1.72. The van der Waals surface area contributed by atoms with Crippen molar-refractivity contribution in [3.63, 3.8) is 0 Å². The number of hydrogen-bond acceptors (Lipinski definition) is 3. The first-order chi connectivity index (χ1) is 2.91. The molecular weight excluding hydrogens is 78.1 g/mol. The summed E-state index contributed by atoms with van der Waals surface area (Å²) >= 11 is 0. The molecule has 0 saturated heterocycles. The highest BCUT2D eigenvalue weighted by molar-refractivity contribution is 4.99. The zero-order valence-electron chi connectivity index (χ0n) is 2.92. The van der Waals surface area contributed by atoms with Crippen LogP contribution in [0.5, 0.6) is 0 Å². The van der Waals surface area contributed by atoms with Gasteiger partial charge in [-0.05, 0) is 0 Å². The summed E-state index contributed by atoms with van der Waals surface area (Å²) in [6.07, 6.45) is 0. The Bertz CT molecular complexity index is 87.4. The molecule has 0 aliphatic rings. The topological polar surface area (TPSA) is 71.4 Å². The van der Waals surface area contributed by atoms with Crippen LogP contribution in [0.4, 0.5) is 0 Å². The van der Waals surface area contributed by atoms with Crippen LogP contribution in [0, 0.1) is 34.5 Å². The van der Waals surface area contributed by atoms with Gasteiger partial charge >= 0.3 is 0 Å². The molecule has 0 aliphatic carbocycles. The Balaban J connectivity index is 0. The summed E-state index contributed by atoms with van der Waals surface area (Å²) in [6.45, 7) is 3.50. The van der Waals surface area contributed by atoms with E-state index < -0.39 is 0 Å². The zero-order valence-corrected chi connectivity index (χ0v) is 2.92. The Labute approximate surface area is 35.7 Å². The molecule has 0 aliphatic heterocycles. The monoisotopic (exact) mass is 79.0 g/mol. The van der Waals surface area contributed by atoms with Gasteiger partial charge < -0.3 is 0 Å². The third kappa shape index (κ3) is 19.0. The van der Waals surface area contributed by atoms with E-state index in [0.717, 1.165) is 0 Å². The average molecular weight is 79.1 g/mol. The third-order valence-electron chi connectivity index (χ3n) is 0.0500. The highest BCUT2D eigenvalue weighted by Crippen LogP contribution is 1.27. The Morgan fingerprint density at radius 2 is 1.17 bits per heavy atom. The summed E-state index contributed by atoms with van der Waals surface area (Å²) in [5.41, 5.74) is 0. The van der Waals surface area contributed by atoms with Crippen LogP contribution in [-0.4, -0.2) is 0 Å². The quantitative estimate of drug-likeness (QED) is 0.415. The molecule has 3 nitrogen and oxygen atoms in total. The summed E-state index contributed by atoms with van der Waals surface area (Å²) in [5.74, 6) is 0. The normalized spacial score (nSPS) is 2.00. The maximum absolute atomic E-state index is 7.26. The predicted molar refractivity (Wildman–Crippen MR) is 17.9 cm³/mol. The lowest BCUT2D eigenvalue weighted by molar-refractivity contribution is 1.49. The number of hydrogen-bond donors (Lipinski definition) is 0. The molecule has 0 unspecified atom stereocenters. The van der Waals surface area contributed by atoms with E-state index in [1.807, 2.05) is 0 Å². The minimum Gasteiger partial charge on any atom is -0.202 e. The lowest BCUT2D eigenvalue weighted by atomic mass is 10.9. The van der Waals surface area contributed by atoms with Gasteiger partial charge in [-0.25, -0.2) is 5.26 Å². The van der Waals surface area contributed by atoms with Crippen molar-refractivity contribution in [3.05, 3.63) is 0 Å². The van der Waals surface area contributed by atoms with Crippen LogP contribution in [0.1, 0.15) is 0 Å². The van der Waals surface area contributed by atoms with Crippen molar-refractivity contribution in [2.75, 3.05) is 0 Å². The highest BCUT2D eigenvalue weighted by atomic mass is 14.3. The van der Waals surface area contributed by atoms with Crippen LogP contribution in [-0.2, 0) is 0 Å². The Morgan fingerprint density at radius 1 is 1.00 bits per heavy atom. The molecule has 0 spiro atoms. The molecule has 0 radical (unpaired) electrons. The van der Waals surface area contributed by atoms with E-state index in [9.17, 15) is 0 Å². The fourth-order valence-corrected chi connectivity index (χ4v) is 0. The first-order valence-corrected chi connectivity index (χ1v) is 0.955. The molecular formula is C3HN3. The van der Waals surface area contributed by atoms with E-state index in [1.54, 1.807) is 0 Å². The second-order valence-corrected chi connectivity index (χ2v) is 0.224. The fraction of sp³-hybridized carbons (Fsp3) is 0. The van der Waals surface area contributed by atoms with Crippen molar-refractivity contribution >= 4 is 0 Å². The van der Waals surface area contributed by atoms with Gasteiger partial charge in [-0.3, -0.25) is 0 Å². The van der Waals surface area contributed by atoms with E-state index >= 15 is 0 Å². The first-order valence-electron chi connectivity index (χ1n) is 0.955. The first kappa shape index (κ1) is 8.82. The van der Waals surface area contributed by atoms with Crippen LogP contribution in [0.2, 0.25) is 0 Å². The van der Waals surface area contributed by atoms with E-state index in [4.69, 9.17) is 15.8 Å². The molecule has 0 aromatic heterocycles. The molecule has 0 atom stereocenters. The van der Waals surface area contributed by atoms with E-state index in [-0.39, 0.29) is 0 Å². The largest absolute Gasteiger partial charge is 0.202 e. The minimum atomic E-state index is 1.24. The van der Waals surface area contributed by atoms with Gasteiger partial charge in [-0.15, -0.1) is 0 Å². The predicted octanol–water partition coefficient (Wildman–Crippen LogP) is 0.173. The minimum absolute atomic E-state index is 1.24. The van der Waals surface area contributed by atoms with E-state index in [1.165, 1.54) is 12.1 Å². The molecule has 0 bridgehead atoms. The summed E-state index contributed by atoms with van der Waals surface area (Å²) in [7, 11) is 0. The van der Waals surface area contributed by atoms with Crippen molar-refractivity contribution in [2.45, 2.75) is 0 Å². The molecule has 3 heteroatoms. The van der Waals surface area contributed by atoms with Crippen molar-refractivity contribution in [1.82, 2.24) is 0 Å². The molecule has 0 saturated carbocycles. The smallest absolute Gasteiger partial charge is 0.181 e. The molecule has 0 amide bonds. The van der Waals surface area contributed by atoms with Gasteiger partial charge in [0, 0.05) is 6.57 Å². The SMILES string of the molecule is C#N.N#CC#N. The van der Waals surface area contributed by atoms with Gasteiger partial charge in [0.2, 0.25) is 0 Å². The van der Waals surface area contributed by atoms with Crippen LogP contribution >= 0.6 is 0 Å². The highest BCUT2D eigenvalue weighted by Gasteiger charge is 1.39. The second-order valence-electron chi connectivity index (χ2n) is 0.224. The molecule has 0 aromatic carbocycles. The van der Waals surface area contributed by atoms with E-state index in [0.29, 0.717) is 0 Å². The van der Waals surface area contributed by atoms with Gasteiger partial charge in [-0.1, -0.05) is 0 Å².